The fraction of sp³-hybridized carbons (Fsp3) is 0.600. The maximum absolute atomic E-state index is 6.36. The Balaban J connectivity index is 0.00000120. The zero-order valence-electron chi connectivity index (χ0n) is 10.9. The van der Waals surface area contributed by atoms with Crippen LogP contribution in [0.2, 0.25) is 0 Å². The van der Waals surface area contributed by atoms with Gasteiger partial charge in [-0.1, -0.05) is 24.6 Å². The van der Waals surface area contributed by atoms with Gasteiger partial charge in [-0.3, -0.25) is 0 Å². The minimum Gasteiger partial charge on any atom is -0.486 e. The smallest absolute Gasteiger partial charge is 0.123 e. The summed E-state index contributed by atoms with van der Waals surface area (Å²) in [5.74, 6) is 1.76. The molecule has 1 N–H and O–H groups in total. The van der Waals surface area contributed by atoms with Gasteiger partial charge < -0.3 is 10.1 Å². The van der Waals surface area contributed by atoms with Crippen LogP contribution in [0.1, 0.15) is 43.6 Å². The van der Waals surface area contributed by atoms with Gasteiger partial charge >= 0.3 is 0 Å². The third-order valence-electron chi connectivity index (χ3n) is 4.38. The average molecular weight is 268 g/mol. The quantitative estimate of drug-likeness (QED) is 0.905. The predicted molar refractivity (Wildman–Crippen MR) is 76.8 cm³/mol. The van der Waals surface area contributed by atoms with Gasteiger partial charge in [-0.15, -0.1) is 12.4 Å². The van der Waals surface area contributed by atoms with Crippen molar-refractivity contribution < 1.29 is 4.74 Å². The number of hydrogen-bond acceptors (Lipinski definition) is 2. The van der Waals surface area contributed by atoms with E-state index >= 15 is 0 Å². The molecule has 0 aromatic heterocycles. The van der Waals surface area contributed by atoms with Crippen molar-refractivity contribution in [1.82, 2.24) is 5.32 Å². The molecule has 1 saturated carbocycles. The van der Waals surface area contributed by atoms with Crippen molar-refractivity contribution in [3.8, 4) is 5.75 Å². The van der Waals surface area contributed by atoms with Gasteiger partial charge in [0.05, 0.1) is 0 Å². The van der Waals surface area contributed by atoms with Crippen LogP contribution in [0.3, 0.4) is 0 Å². The van der Waals surface area contributed by atoms with Gasteiger partial charge in [-0.05, 0) is 38.9 Å². The van der Waals surface area contributed by atoms with Crippen LogP contribution in [0.5, 0.6) is 5.75 Å². The van der Waals surface area contributed by atoms with Crippen LogP contribution < -0.4 is 10.1 Å². The maximum Gasteiger partial charge on any atom is 0.123 e. The average Bonchev–Trinajstić information content (AvgIpc) is 2.71. The zero-order chi connectivity index (χ0) is 11.7. The van der Waals surface area contributed by atoms with Crippen molar-refractivity contribution in [1.29, 1.82) is 0 Å². The van der Waals surface area contributed by atoms with Crippen molar-refractivity contribution in [2.24, 2.45) is 0 Å². The monoisotopic (exact) mass is 267 g/mol. The largest absolute Gasteiger partial charge is 0.486 e. The lowest BCUT2D eigenvalue weighted by Crippen LogP contribution is -2.42. The molecule has 0 bridgehead atoms. The van der Waals surface area contributed by atoms with Crippen molar-refractivity contribution in [3.05, 3.63) is 29.8 Å². The van der Waals surface area contributed by atoms with Crippen molar-refractivity contribution in [2.75, 3.05) is 13.6 Å². The second kappa shape index (κ2) is 5.50. The molecule has 0 radical (unpaired) electrons. The van der Waals surface area contributed by atoms with E-state index in [4.69, 9.17) is 4.74 Å². The topological polar surface area (TPSA) is 21.3 Å². The standard InChI is InChI=1S/C15H21NO.ClH/c1-16-11-10-15-9-5-4-7-13(15)12-6-2-3-8-14(12)17-15;/h2-3,6,8,13,16H,4-5,7,9-11H2,1H3;1H. The number of fused-ring (bicyclic) bond motifs is 3. The first kappa shape index (κ1) is 13.7. The molecule has 2 unspecified atom stereocenters. The molecule has 3 rings (SSSR count). The van der Waals surface area contributed by atoms with E-state index in [2.05, 4.69) is 29.6 Å². The summed E-state index contributed by atoms with van der Waals surface area (Å²) in [4.78, 5) is 0. The number of halogens is 1. The van der Waals surface area contributed by atoms with Gasteiger partial charge in [0.2, 0.25) is 0 Å². The van der Waals surface area contributed by atoms with E-state index in [-0.39, 0.29) is 18.0 Å². The summed E-state index contributed by atoms with van der Waals surface area (Å²) < 4.78 is 6.36. The summed E-state index contributed by atoms with van der Waals surface area (Å²) in [7, 11) is 2.02. The summed E-state index contributed by atoms with van der Waals surface area (Å²) in [6, 6.07) is 8.62. The van der Waals surface area contributed by atoms with Crippen LogP contribution >= 0.6 is 12.4 Å². The number of hydrogen-bond donors (Lipinski definition) is 1. The summed E-state index contributed by atoms with van der Waals surface area (Å²) >= 11 is 0. The third-order valence-corrected chi connectivity index (χ3v) is 4.38. The van der Waals surface area contributed by atoms with Gasteiger partial charge in [-0.25, -0.2) is 0 Å². The lowest BCUT2D eigenvalue weighted by molar-refractivity contribution is 0.0281. The van der Waals surface area contributed by atoms with Crippen LogP contribution in [-0.2, 0) is 0 Å². The van der Waals surface area contributed by atoms with Gasteiger partial charge in [0.15, 0.2) is 0 Å². The molecule has 0 spiro atoms. The fourth-order valence-electron chi connectivity index (χ4n) is 3.54. The molecular weight excluding hydrogens is 246 g/mol. The summed E-state index contributed by atoms with van der Waals surface area (Å²) in [5, 5.41) is 3.27. The molecular formula is C15H22ClNO. The highest BCUT2D eigenvalue weighted by Gasteiger charge is 2.48. The number of para-hydroxylation sites is 1. The van der Waals surface area contributed by atoms with Gasteiger partial charge in [0.1, 0.15) is 11.4 Å². The SMILES string of the molecule is CNCCC12CCCCC1c1ccccc1O2.Cl. The van der Waals surface area contributed by atoms with E-state index < -0.39 is 0 Å². The van der Waals surface area contributed by atoms with E-state index in [1.165, 1.54) is 31.2 Å². The Morgan fingerprint density at radius 3 is 3.00 bits per heavy atom. The van der Waals surface area contributed by atoms with Crippen molar-refractivity contribution >= 4 is 12.4 Å². The first-order chi connectivity index (χ1) is 8.36. The predicted octanol–water partition coefficient (Wildman–Crippen LogP) is 3.51. The molecule has 2 atom stereocenters. The fourth-order valence-corrected chi connectivity index (χ4v) is 3.54. The molecule has 1 heterocycles. The molecule has 1 aromatic rings. The van der Waals surface area contributed by atoms with Gasteiger partial charge in [-0.2, -0.15) is 0 Å². The summed E-state index contributed by atoms with van der Waals surface area (Å²) in [6.07, 6.45) is 6.30. The van der Waals surface area contributed by atoms with E-state index in [1.807, 2.05) is 7.05 Å². The summed E-state index contributed by atoms with van der Waals surface area (Å²) in [5.41, 5.74) is 1.54. The third kappa shape index (κ3) is 2.12. The highest BCUT2D eigenvalue weighted by molar-refractivity contribution is 5.85. The minimum atomic E-state index is 0. The molecule has 0 saturated heterocycles. The first-order valence-corrected chi connectivity index (χ1v) is 6.78. The van der Waals surface area contributed by atoms with Crippen LogP contribution in [0.15, 0.2) is 24.3 Å². The summed E-state index contributed by atoms with van der Waals surface area (Å²) in [6.45, 7) is 1.05. The van der Waals surface area contributed by atoms with Crippen molar-refractivity contribution in [2.45, 2.75) is 43.6 Å². The Hall–Kier alpha value is -0.730. The van der Waals surface area contributed by atoms with E-state index in [1.54, 1.807) is 0 Å². The van der Waals surface area contributed by atoms with E-state index in [9.17, 15) is 0 Å². The Kier molecular flexibility index (Phi) is 4.18. The van der Waals surface area contributed by atoms with Gasteiger partial charge in [0.25, 0.3) is 0 Å². The van der Waals surface area contributed by atoms with Crippen LogP contribution in [0, 0.1) is 0 Å². The normalized spacial score (nSPS) is 28.8. The number of nitrogens with one attached hydrogen (secondary N) is 1. The second-order valence-electron chi connectivity index (χ2n) is 5.36. The van der Waals surface area contributed by atoms with Crippen LogP contribution in [0.4, 0.5) is 0 Å². The number of benzene rings is 1. The van der Waals surface area contributed by atoms with E-state index in [0.717, 1.165) is 18.7 Å². The molecule has 18 heavy (non-hydrogen) atoms. The van der Waals surface area contributed by atoms with Crippen LogP contribution in [-0.4, -0.2) is 19.2 Å². The minimum absolute atomic E-state index is 0. The Bertz CT molecular complexity index is 409. The first-order valence-electron chi connectivity index (χ1n) is 6.78. The highest BCUT2D eigenvalue weighted by atomic mass is 35.5. The molecule has 1 fully saturated rings. The molecule has 2 aliphatic rings. The second-order valence-corrected chi connectivity index (χ2v) is 5.36. The molecule has 0 amide bonds. The Labute approximate surface area is 116 Å². The van der Waals surface area contributed by atoms with E-state index in [0.29, 0.717) is 5.92 Å². The Morgan fingerprint density at radius 1 is 1.33 bits per heavy atom. The maximum atomic E-state index is 6.36. The number of rotatable bonds is 3. The Morgan fingerprint density at radius 2 is 2.17 bits per heavy atom. The molecule has 1 aliphatic carbocycles. The van der Waals surface area contributed by atoms with Crippen LogP contribution in [0.25, 0.3) is 0 Å². The molecule has 1 aliphatic heterocycles. The molecule has 1 aromatic carbocycles. The lowest BCUT2D eigenvalue weighted by Gasteiger charge is -2.38. The number of ether oxygens (including phenoxy) is 1. The molecule has 2 nitrogen and oxygen atoms in total. The zero-order valence-corrected chi connectivity index (χ0v) is 11.8. The van der Waals surface area contributed by atoms with Crippen molar-refractivity contribution in [3.63, 3.8) is 0 Å². The molecule has 100 valence electrons. The molecule has 3 heteroatoms. The highest BCUT2D eigenvalue weighted by Crippen LogP contribution is 2.53. The lowest BCUT2D eigenvalue weighted by atomic mass is 9.72. The van der Waals surface area contributed by atoms with Gasteiger partial charge in [0, 0.05) is 17.9 Å².